The van der Waals surface area contributed by atoms with Crippen LogP contribution in [-0.2, 0) is 13.1 Å². The first-order valence-corrected chi connectivity index (χ1v) is 18.0. The van der Waals surface area contributed by atoms with Gasteiger partial charge in [0.1, 0.15) is 13.1 Å². The SMILES string of the molecule is CCCCCCCCCC[n+]1ccc(SCCCCSc2cc[n+](CCCCCCCCCC)cc2)cc1. The highest BCUT2D eigenvalue weighted by atomic mass is 32.2. The average Bonchev–Trinajstić information content (AvgIpc) is 2.95. The summed E-state index contributed by atoms with van der Waals surface area (Å²) in [5.41, 5.74) is 0. The molecule has 0 N–H and O–H groups in total. The second kappa shape index (κ2) is 23.9. The molecule has 0 atom stereocenters. The Morgan fingerprint density at radius 3 is 1.08 bits per heavy atom. The summed E-state index contributed by atoms with van der Waals surface area (Å²) in [5, 5.41) is 0. The van der Waals surface area contributed by atoms with E-state index >= 15 is 0 Å². The zero-order valence-electron chi connectivity index (χ0n) is 24.9. The fraction of sp³-hybridized carbons (Fsp3) is 0.706. The highest BCUT2D eigenvalue weighted by molar-refractivity contribution is 7.99. The van der Waals surface area contributed by atoms with E-state index in [1.54, 1.807) is 0 Å². The molecule has 0 aromatic carbocycles. The van der Waals surface area contributed by atoms with E-state index in [9.17, 15) is 0 Å². The van der Waals surface area contributed by atoms with Crippen LogP contribution in [-0.4, -0.2) is 11.5 Å². The van der Waals surface area contributed by atoms with Crippen molar-refractivity contribution in [2.24, 2.45) is 0 Å². The van der Waals surface area contributed by atoms with E-state index in [1.807, 2.05) is 23.5 Å². The number of nitrogens with zero attached hydrogens (tertiary/aromatic N) is 2. The Kier molecular flexibility index (Phi) is 20.8. The Morgan fingerprint density at radius 2 is 0.737 bits per heavy atom. The Bertz CT molecular complexity index is 709. The first-order valence-electron chi connectivity index (χ1n) is 16.1. The van der Waals surface area contributed by atoms with Gasteiger partial charge in [-0.1, -0.05) is 90.9 Å². The van der Waals surface area contributed by atoms with E-state index in [1.165, 1.54) is 137 Å². The molecule has 2 heterocycles. The van der Waals surface area contributed by atoms with Crippen LogP contribution in [0.4, 0.5) is 0 Å². The molecule has 38 heavy (non-hydrogen) atoms. The summed E-state index contributed by atoms with van der Waals surface area (Å²) in [6.07, 6.45) is 33.9. The fourth-order valence-electron chi connectivity index (χ4n) is 4.82. The summed E-state index contributed by atoms with van der Waals surface area (Å²) in [5.74, 6) is 2.44. The van der Waals surface area contributed by atoms with Gasteiger partial charge in [-0.15, -0.1) is 23.5 Å². The number of aryl methyl sites for hydroxylation is 2. The fourth-order valence-corrected chi connectivity index (χ4v) is 6.62. The van der Waals surface area contributed by atoms with Crippen molar-refractivity contribution in [2.75, 3.05) is 11.5 Å². The number of hydrogen-bond donors (Lipinski definition) is 0. The number of hydrogen-bond acceptors (Lipinski definition) is 2. The van der Waals surface area contributed by atoms with Crippen molar-refractivity contribution in [3.63, 3.8) is 0 Å². The van der Waals surface area contributed by atoms with E-state index in [0.717, 1.165) is 13.1 Å². The van der Waals surface area contributed by atoms with Gasteiger partial charge in [0.2, 0.25) is 0 Å². The highest BCUT2D eigenvalue weighted by Crippen LogP contribution is 2.21. The molecule has 0 saturated heterocycles. The van der Waals surface area contributed by atoms with E-state index in [-0.39, 0.29) is 0 Å². The quantitative estimate of drug-likeness (QED) is 0.0680. The van der Waals surface area contributed by atoms with Crippen molar-refractivity contribution in [1.82, 2.24) is 0 Å². The second-order valence-corrected chi connectivity index (χ2v) is 13.2. The predicted octanol–water partition coefficient (Wildman–Crippen LogP) is 10.2. The van der Waals surface area contributed by atoms with Crippen molar-refractivity contribution in [3.05, 3.63) is 49.1 Å². The van der Waals surface area contributed by atoms with Gasteiger partial charge in [0.15, 0.2) is 24.8 Å². The standard InChI is InChI=1S/C34H58N2S2/c1-3-5-7-9-11-13-15-17-25-35-27-21-33(22-28-35)37-31-19-20-32-38-34-23-29-36(30-24-34)26-18-16-14-12-10-8-6-4-2/h21-24,27-30H,3-20,25-26,31-32H2,1-2H3/q+2. The van der Waals surface area contributed by atoms with Gasteiger partial charge < -0.3 is 0 Å². The monoisotopic (exact) mass is 558 g/mol. The van der Waals surface area contributed by atoms with Crippen LogP contribution in [0.3, 0.4) is 0 Å². The molecule has 214 valence electrons. The van der Waals surface area contributed by atoms with Gasteiger partial charge in [-0.05, 0) is 37.2 Å². The highest BCUT2D eigenvalue weighted by Gasteiger charge is 2.04. The van der Waals surface area contributed by atoms with Gasteiger partial charge in [-0.25, -0.2) is 9.13 Å². The number of aromatic nitrogens is 2. The smallest absolute Gasteiger partial charge is 0.169 e. The summed E-state index contributed by atoms with van der Waals surface area (Å²) >= 11 is 4.02. The maximum atomic E-state index is 2.36. The zero-order valence-corrected chi connectivity index (χ0v) is 26.5. The molecule has 0 aliphatic carbocycles. The molecular formula is C34H58N2S2+2. The van der Waals surface area contributed by atoms with E-state index in [2.05, 4.69) is 72.0 Å². The normalized spacial score (nSPS) is 11.3. The summed E-state index contributed by atoms with van der Waals surface area (Å²) in [4.78, 5) is 2.82. The van der Waals surface area contributed by atoms with Crippen LogP contribution < -0.4 is 9.13 Å². The van der Waals surface area contributed by atoms with Gasteiger partial charge in [0.05, 0.1) is 0 Å². The van der Waals surface area contributed by atoms with Gasteiger partial charge in [0, 0.05) is 46.9 Å². The topological polar surface area (TPSA) is 7.76 Å². The van der Waals surface area contributed by atoms with Crippen LogP contribution in [0.5, 0.6) is 0 Å². The third kappa shape index (κ3) is 17.6. The molecule has 2 rings (SSSR count). The number of thioether (sulfide) groups is 2. The van der Waals surface area contributed by atoms with Gasteiger partial charge in [-0.2, -0.15) is 0 Å². The van der Waals surface area contributed by atoms with Crippen LogP contribution in [0, 0.1) is 0 Å². The summed E-state index contributed by atoms with van der Waals surface area (Å²) in [7, 11) is 0. The van der Waals surface area contributed by atoms with Crippen LogP contribution in [0.15, 0.2) is 58.8 Å². The largest absolute Gasteiger partial charge is 0.205 e. The lowest BCUT2D eigenvalue weighted by atomic mass is 10.1. The van der Waals surface area contributed by atoms with Gasteiger partial charge in [0.25, 0.3) is 0 Å². The molecule has 0 radical (unpaired) electrons. The number of unbranched alkanes of at least 4 members (excludes halogenated alkanes) is 15. The van der Waals surface area contributed by atoms with Crippen molar-refractivity contribution in [2.45, 2.75) is 152 Å². The Balaban J connectivity index is 1.44. The summed E-state index contributed by atoms with van der Waals surface area (Å²) < 4.78 is 4.72. The van der Waals surface area contributed by atoms with Crippen LogP contribution in [0.25, 0.3) is 0 Å². The zero-order chi connectivity index (χ0) is 26.9. The Labute approximate surface area is 244 Å². The van der Waals surface area contributed by atoms with Crippen LogP contribution in [0.1, 0.15) is 129 Å². The second-order valence-electron chi connectivity index (χ2n) is 10.9. The first kappa shape index (κ1) is 33.2. The van der Waals surface area contributed by atoms with Crippen molar-refractivity contribution < 1.29 is 9.13 Å². The third-order valence-corrected chi connectivity index (χ3v) is 9.53. The van der Waals surface area contributed by atoms with Crippen molar-refractivity contribution in [3.8, 4) is 0 Å². The minimum atomic E-state index is 1.16. The van der Waals surface area contributed by atoms with E-state index < -0.39 is 0 Å². The van der Waals surface area contributed by atoms with Crippen molar-refractivity contribution >= 4 is 23.5 Å². The lowest BCUT2D eigenvalue weighted by Gasteiger charge is -2.04. The minimum absolute atomic E-state index is 1.16. The van der Waals surface area contributed by atoms with Gasteiger partial charge >= 0.3 is 0 Å². The van der Waals surface area contributed by atoms with E-state index in [0.29, 0.717) is 0 Å². The molecule has 0 fully saturated rings. The molecule has 0 aliphatic rings. The molecule has 2 aromatic rings. The first-order chi connectivity index (χ1) is 18.8. The Morgan fingerprint density at radius 1 is 0.421 bits per heavy atom. The summed E-state index contributed by atoms with van der Waals surface area (Å²) in [6.45, 7) is 6.91. The predicted molar refractivity (Wildman–Crippen MR) is 169 cm³/mol. The molecule has 2 aromatic heterocycles. The number of pyridine rings is 2. The average molecular weight is 559 g/mol. The Hall–Kier alpha value is -1.00. The molecule has 4 heteroatoms. The van der Waals surface area contributed by atoms with E-state index in [4.69, 9.17) is 0 Å². The molecular weight excluding hydrogens is 501 g/mol. The lowest BCUT2D eigenvalue weighted by molar-refractivity contribution is -0.697. The molecule has 0 bridgehead atoms. The molecule has 0 amide bonds. The summed E-state index contributed by atoms with van der Waals surface area (Å²) in [6, 6.07) is 9.21. The van der Waals surface area contributed by atoms with Crippen LogP contribution >= 0.6 is 23.5 Å². The maximum Gasteiger partial charge on any atom is 0.169 e. The number of rotatable bonds is 25. The lowest BCUT2D eigenvalue weighted by Crippen LogP contribution is -2.32. The minimum Gasteiger partial charge on any atom is -0.205 e. The third-order valence-electron chi connectivity index (χ3n) is 7.34. The maximum absolute atomic E-state index is 2.36. The molecule has 0 unspecified atom stereocenters. The molecule has 0 aliphatic heterocycles. The molecule has 2 nitrogen and oxygen atoms in total. The molecule has 0 spiro atoms. The molecule has 0 saturated carbocycles. The van der Waals surface area contributed by atoms with Gasteiger partial charge in [-0.3, -0.25) is 0 Å². The van der Waals surface area contributed by atoms with Crippen molar-refractivity contribution in [1.29, 1.82) is 0 Å². The van der Waals surface area contributed by atoms with Crippen LogP contribution in [0.2, 0.25) is 0 Å².